The Labute approximate surface area is 153 Å². The predicted octanol–water partition coefficient (Wildman–Crippen LogP) is 2.99. The van der Waals surface area contributed by atoms with Crippen molar-refractivity contribution in [3.05, 3.63) is 59.7 Å². The van der Waals surface area contributed by atoms with Crippen LogP contribution in [0.3, 0.4) is 0 Å². The zero-order valence-electron chi connectivity index (χ0n) is 14.2. The molecule has 1 amide bonds. The number of carboxylic acids is 1. The van der Waals surface area contributed by atoms with Crippen LogP contribution in [0.2, 0.25) is 0 Å². The highest BCUT2D eigenvalue weighted by atomic mass is 19.1. The summed E-state index contributed by atoms with van der Waals surface area (Å²) in [5.41, 5.74) is 0.126. The molecule has 7 nitrogen and oxygen atoms in total. The van der Waals surface area contributed by atoms with E-state index in [4.69, 9.17) is 9.84 Å². The lowest BCUT2D eigenvalue weighted by atomic mass is 10.1. The van der Waals surface area contributed by atoms with Crippen molar-refractivity contribution in [3.8, 4) is 17.2 Å². The minimum atomic E-state index is -1.21. The van der Waals surface area contributed by atoms with Gasteiger partial charge in [-0.2, -0.15) is 0 Å². The Morgan fingerprint density at radius 3 is 2.56 bits per heavy atom. The second-order valence-electron chi connectivity index (χ2n) is 5.71. The molecular formula is C19H15FN2O5. The first-order valence-corrected chi connectivity index (χ1v) is 7.92. The molecule has 0 saturated heterocycles. The van der Waals surface area contributed by atoms with Crippen molar-refractivity contribution in [2.24, 2.45) is 0 Å². The third kappa shape index (κ3) is 3.79. The van der Waals surface area contributed by atoms with Crippen LogP contribution in [0.4, 0.5) is 4.39 Å². The number of nitrogens with one attached hydrogen (secondary N) is 1. The summed E-state index contributed by atoms with van der Waals surface area (Å²) in [4.78, 5) is 26.8. The van der Waals surface area contributed by atoms with E-state index in [9.17, 15) is 19.1 Å². The standard InChI is InChI=1S/C19H15FN2O5/c1-10-16-13(18(25)17(22-10)19(26)21-9-15(23)24)3-2-4-14(16)27-12-7-5-11(20)6-8-12/h2-8,25H,9H2,1H3,(H,21,26)(H,23,24). The number of carbonyl (C=O) groups is 2. The SMILES string of the molecule is Cc1nc(C(=O)NCC(=O)O)c(O)c2cccc(Oc3ccc(F)cc3)c12. The zero-order valence-corrected chi connectivity index (χ0v) is 14.2. The van der Waals surface area contributed by atoms with Crippen molar-refractivity contribution in [2.75, 3.05) is 6.54 Å². The van der Waals surface area contributed by atoms with E-state index in [2.05, 4.69) is 10.3 Å². The summed E-state index contributed by atoms with van der Waals surface area (Å²) < 4.78 is 18.8. The van der Waals surface area contributed by atoms with Gasteiger partial charge in [-0.15, -0.1) is 0 Å². The maximum Gasteiger partial charge on any atom is 0.322 e. The van der Waals surface area contributed by atoms with E-state index in [1.807, 2.05) is 0 Å². The number of halogens is 1. The molecule has 0 spiro atoms. The lowest BCUT2D eigenvalue weighted by Crippen LogP contribution is -2.30. The van der Waals surface area contributed by atoms with Crippen LogP contribution in [0.25, 0.3) is 10.8 Å². The molecule has 0 bridgehead atoms. The van der Waals surface area contributed by atoms with Crippen LogP contribution in [0.5, 0.6) is 17.2 Å². The molecule has 2 aromatic carbocycles. The average Bonchev–Trinajstić information content (AvgIpc) is 2.64. The fourth-order valence-electron chi connectivity index (χ4n) is 2.62. The van der Waals surface area contributed by atoms with Gasteiger partial charge in [0.2, 0.25) is 0 Å². The highest BCUT2D eigenvalue weighted by Crippen LogP contribution is 2.37. The molecule has 1 heterocycles. The Morgan fingerprint density at radius 1 is 1.19 bits per heavy atom. The molecule has 0 aliphatic heterocycles. The molecule has 0 unspecified atom stereocenters. The first-order chi connectivity index (χ1) is 12.9. The number of nitrogens with zero attached hydrogens (tertiary/aromatic N) is 1. The third-order valence-electron chi connectivity index (χ3n) is 3.80. The predicted molar refractivity (Wildman–Crippen MR) is 94.6 cm³/mol. The maximum atomic E-state index is 13.1. The molecule has 0 saturated carbocycles. The van der Waals surface area contributed by atoms with Crippen LogP contribution in [0.1, 0.15) is 16.2 Å². The molecule has 3 rings (SSSR count). The van der Waals surface area contributed by atoms with Crippen LogP contribution in [-0.2, 0) is 4.79 Å². The van der Waals surface area contributed by atoms with Crippen LogP contribution in [0.15, 0.2) is 42.5 Å². The number of ether oxygens (including phenoxy) is 1. The number of carboxylic acid groups (broad SMARTS) is 1. The van der Waals surface area contributed by atoms with E-state index in [1.165, 1.54) is 24.3 Å². The number of aromatic hydroxyl groups is 1. The van der Waals surface area contributed by atoms with Gasteiger partial charge in [0.25, 0.3) is 5.91 Å². The fourth-order valence-corrected chi connectivity index (χ4v) is 2.62. The number of rotatable bonds is 5. The summed E-state index contributed by atoms with van der Waals surface area (Å²) in [5, 5.41) is 22.1. The molecule has 0 aliphatic carbocycles. The van der Waals surface area contributed by atoms with Crippen molar-refractivity contribution in [3.63, 3.8) is 0 Å². The second kappa shape index (κ2) is 7.28. The minimum absolute atomic E-state index is 0.278. The molecular weight excluding hydrogens is 355 g/mol. The number of aliphatic carboxylic acids is 1. The molecule has 138 valence electrons. The number of carbonyl (C=O) groups excluding carboxylic acids is 1. The zero-order chi connectivity index (χ0) is 19.6. The Balaban J connectivity index is 2.03. The van der Waals surface area contributed by atoms with Crippen molar-refractivity contribution < 1.29 is 28.9 Å². The van der Waals surface area contributed by atoms with Gasteiger partial charge in [0.15, 0.2) is 11.4 Å². The van der Waals surface area contributed by atoms with E-state index >= 15 is 0 Å². The Hall–Kier alpha value is -3.68. The van der Waals surface area contributed by atoms with E-state index in [1.54, 1.807) is 25.1 Å². The Bertz CT molecular complexity index is 1030. The Morgan fingerprint density at radius 2 is 1.89 bits per heavy atom. The highest BCUT2D eigenvalue weighted by molar-refractivity contribution is 6.04. The van der Waals surface area contributed by atoms with E-state index in [0.29, 0.717) is 28.0 Å². The number of aromatic nitrogens is 1. The van der Waals surface area contributed by atoms with Gasteiger partial charge >= 0.3 is 5.97 Å². The van der Waals surface area contributed by atoms with Gasteiger partial charge in [0, 0.05) is 10.8 Å². The van der Waals surface area contributed by atoms with Gasteiger partial charge < -0.3 is 20.3 Å². The van der Waals surface area contributed by atoms with Crippen molar-refractivity contribution >= 4 is 22.6 Å². The van der Waals surface area contributed by atoms with Gasteiger partial charge in [-0.25, -0.2) is 9.37 Å². The van der Waals surface area contributed by atoms with E-state index in [0.717, 1.165) is 0 Å². The van der Waals surface area contributed by atoms with Crippen molar-refractivity contribution in [1.29, 1.82) is 0 Å². The number of fused-ring (bicyclic) bond motifs is 1. The topological polar surface area (TPSA) is 109 Å². The normalized spacial score (nSPS) is 10.6. The molecule has 8 heteroatoms. The smallest absolute Gasteiger partial charge is 0.322 e. The summed E-state index contributed by atoms with van der Waals surface area (Å²) in [6, 6.07) is 10.3. The second-order valence-corrected chi connectivity index (χ2v) is 5.71. The molecule has 1 aromatic heterocycles. The van der Waals surface area contributed by atoms with Gasteiger partial charge in [0.1, 0.15) is 23.9 Å². The first-order valence-electron chi connectivity index (χ1n) is 7.92. The summed E-state index contributed by atoms with van der Waals surface area (Å²) in [5.74, 6) is -2.03. The van der Waals surface area contributed by atoms with Crippen molar-refractivity contribution in [1.82, 2.24) is 10.3 Å². The highest BCUT2D eigenvalue weighted by Gasteiger charge is 2.20. The average molecular weight is 370 g/mol. The Kier molecular flexibility index (Phi) is 4.89. The lowest BCUT2D eigenvalue weighted by molar-refractivity contribution is -0.135. The molecule has 0 radical (unpaired) electrons. The van der Waals surface area contributed by atoms with Gasteiger partial charge in [-0.05, 0) is 37.3 Å². The van der Waals surface area contributed by atoms with Crippen molar-refractivity contribution in [2.45, 2.75) is 6.92 Å². The largest absolute Gasteiger partial charge is 0.505 e. The van der Waals surface area contributed by atoms with Gasteiger partial charge in [-0.1, -0.05) is 12.1 Å². The van der Waals surface area contributed by atoms with Crippen LogP contribution < -0.4 is 10.1 Å². The number of aryl methyl sites for hydroxylation is 1. The molecule has 3 N–H and O–H groups in total. The monoisotopic (exact) mass is 370 g/mol. The van der Waals surface area contributed by atoms with E-state index in [-0.39, 0.29) is 11.4 Å². The summed E-state index contributed by atoms with van der Waals surface area (Å²) in [6.07, 6.45) is 0. The summed E-state index contributed by atoms with van der Waals surface area (Å²) in [6.45, 7) is 1.04. The number of hydrogen-bond donors (Lipinski definition) is 3. The van der Waals surface area contributed by atoms with Crippen LogP contribution >= 0.6 is 0 Å². The quantitative estimate of drug-likeness (QED) is 0.637. The third-order valence-corrected chi connectivity index (χ3v) is 3.80. The van der Waals surface area contributed by atoms with E-state index < -0.39 is 24.2 Å². The summed E-state index contributed by atoms with van der Waals surface area (Å²) in [7, 11) is 0. The summed E-state index contributed by atoms with van der Waals surface area (Å²) >= 11 is 0. The van der Waals surface area contributed by atoms with Crippen LogP contribution in [0, 0.1) is 12.7 Å². The lowest BCUT2D eigenvalue weighted by Gasteiger charge is -2.14. The molecule has 0 atom stereocenters. The molecule has 0 aliphatic rings. The minimum Gasteiger partial charge on any atom is -0.505 e. The number of hydrogen-bond acceptors (Lipinski definition) is 5. The first kappa shape index (κ1) is 18.1. The maximum absolute atomic E-state index is 13.1. The molecule has 3 aromatic rings. The number of amides is 1. The molecule has 27 heavy (non-hydrogen) atoms. The molecule has 0 fully saturated rings. The van der Waals surface area contributed by atoms with Gasteiger partial charge in [-0.3, -0.25) is 9.59 Å². The fraction of sp³-hybridized carbons (Fsp3) is 0.105. The van der Waals surface area contributed by atoms with Crippen LogP contribution in [-0.4, -0.2) is 33.6 Å². The number of pyridine rings is 1. The number of benzene rings is 2. The van der Waals surface area contributed by atoms with Gasteiger partial charge in [0.05, 0.1) is 5.69 Å².